The van der Waals surface area contributed by atoms with Gasteiger partial charge in [-0.05, 0) is 172 Å². The maximum Gasteiger partial charge on any atom is 0.264 e. The van der Waals surface area contributed by atoms with Gasteiger partial charge in [0, 0.05) is 77.4 Å². The van der Waals surface area contributed by atoms with Crippen LogP contribution in [0.4, 0.5) is 55.6 Å². The summed E-state index contributed by atoms with van der Waals surface area (Å²) in [6, 6.07) is 73.8. The summed E-state index contributed by atoms with van der Waals surface area (Å²) in [6.07, 6.45) is 0. The molecular formula is C77H69BFN5S. The molecule has 0 atom stereocenters. The van der Waals surface area contributed by atoms with Crippen LogP contribution in [0.1, 0.15) is 90.1 Å². The summed E-state index contributed by atoms with van der Waals surface area (Å²) in [5, 5.41) is 5.95. The lowest BCUT2D eigenvalue weighted by molar-refractivity contribution is 0.590. The van der Waals surface area contributed by atoms with Crippen LogP contribution in [-0.4, -0.2) is 15.8 Å². The van der Waals surface area contributed by atoms with Gasteiger partial charge in [0.1, 0.15) is 5.82 Å². The number of rotatable bonds is 6. The Balaban J connectivity index is 1.16. The zero-order valence-electron chi connectivity index (χ0n) is 50.7. The van der Waals surface area contributed by atoms with E-state index >= 15 is 4.39 Å². The molecule has 0 amide bonds. The number of anilines is 9. The highest BCUT2D eigenvalue weighted by molar-refractivity contribution is 7.33. The lowest BCUT2D eigenvalue weighted by Gasteiger charge is -2.44. The van der Waals surface area contributed by atoms with Crippen molar-refractivity contribution in [3.8, 4) is 5.69 Å². The third-order valence-electron chi connectivity index (χ3n) is 18.3. The van der Waals surface area contributed by atoms with Crippen molar-refractivity contribution in [3.63, 3.8) is 0 Å². The number of hydrogen-bond acceptors (Lipinski definition) is 4. The second-order valence-corrected chi connectivity index (χ2v) is 28.1. The van der Waals surface area contributed by atoms with Crippen LogP contribution < -0.4 is 30.4 Å². The summed E-state index contributed by atoms with van der Waals surface area (Å²) in [4.78, 5) is 7.22. The number of thiophene rings is 1. The molecule has 5 heterocycles. The van der Waals surface area contributed by atoms with Gasteiger partial charge in [-0.25, -0.2) is 4.39 Å². The van der Waals surface area contributed by atoms with Crippen molar-refractivity contribution in [2.75, 3.05) is 14.7 Å². The Morgan fingerprint density at radius 3 is 1.58 bits per heavy atom. The minimum absolute atomic E-state index is 0.0685. The molecule has 0 unspecified atom stereocenters. The number of nitrogens with zero attached hydrogens (tertiary/aromatic N) is 5. The quantitative estimate of drug-likeness (QED) is 0.155. The summed E-state index contributed by atoms with van der Waals surface area (Å²) < 4.78 is 25.6. The lowest BCUT2D eigenvalue weighted by Crippen LogP contribution is -2.60. The van der Waals surface area contributed by atoms with Crippen molar-refractivity contribution in [1.29, 1.82) is 0 Å². The summed E-state index contributed by atoms with van der Waals surface area (Å²) >= 11 is 1.90. The number of fused-ring (bicyclic) bond motifs is 13. The van der Waals surface area contributed by atoms with Gasteiger partial charge in [0.15, 0.2) is 0 Å². The van der Waals surface area contributed by atoms with Crippen LogP contribution in [0.2, 0.25) is 0 Å². The number of aryl methyl sites for hydroxylation is 3. The van der Waals surface area contributed by atoms with Crippen molar-refractivity contribution < 1.29 is 4.39 Å². The first-order valence-corrected chi connectivity index (χ1v) is 30.8. The smallest absolute Gasteiger partial charge is 0.264 e. The molecule has 0 N–H and O–H groups in total. The average molecular weight is 1130 g/mol. The van der Waals surface area contributed by atoms with Crippen LogP contribution in [0.5, 0.6) is 0 Å². The van der Waals surface area contributed by atoms with Crippen molar-refractivity contribution in [2.45, 2.75) is 92.4 Å². The summed E-state index contributed by atoms with van der Waals surface area (Å²) in [7, 11) is 2.22. The highest BCUT2D eigenvalue weighted by atomic mass is 32.1. The fourth-order valence-electron chi connectivity index (χ4n) is 13.9. The molecule has 0 saturated heterocycles. The second-order valence-electron chi connectivity index (χ2n) is 27.0. The Hall–Kier alpha value is -8.85. The molecule has 0 bridgehead atoms. The Bertz CT molecular complexity index is 4780. The van der Waals surface area contributed by atoms with Gasteiger partial charge in [0.05, 0.1) is 45.0 Å². The highest BCUT2D eigenvalue weighted by Crippen LogP contribution is 2.54. The van der Waals surface area contributed by atoms with Gasteiger partial charge in [0.25, 0.3) is 6.71 Å². The van der Waals surface area contributed by atoms with Gasteiger partial charge in [-0.2, -0.15) is 0 Å². The zero-order valence-corrected chi connectivity index (χ0v) is 51.5. The van der Waals surface area contributed by atoms with E-state index in [-0.39, 0.29) is 28.8 Å². The van der Waals surface area contributed by atoms with Crippen LogP contribution in [-0.2, 0) is 23.3 Å². The van der Waals surface area contributed by atoms with Gasteiger partial charge in [-0.15, -0.1) is 11.3 Å². The largest absolute Gasteiger partial charge is 0.342 e. The Labute approximate surface area is 502 Å². The van der Waals surface area contributed by atoms with Crippen molar-refractivity contribution in [3.05, 3.63) is 234 Å². The van der Waals surface area contributed by atoms with Crippen LogP contribution >= 0.6 is 11.3 Å². The third-order valence-corrected chi connectivity index (χ3v) is 19.5. The molecule has 0 radical (unpaired) electrons. The van der Waals surface area contributed by atoms with Crippen molar-refractivity contribution >= 4 is 139 Å². The Kier molecular flexibility index (Phi) is 11.7. The molecule has 0 spiro atoms. The SMILES string of the molecule is Cc1ccc(N2c3cc(N(c4ccccc4)c4ccccc4)cc4c3B(c3cc(-n5c6ccc(C(C)(C)C)cc6c6cc(C(C)(C)C)ccc65)c5c6ccccc6n(C)c5c3N4c3ccc(C)cc3F)c3sc4ccc(C(C)(C)C)cc4c32)cc1. The van der Waals surface area contributed by atoms with Crippen LogP contribution in [0.3, 0.4) is 0 Å². The monoisotopic (exact) mass is 1130 g/mol. The minimum Gasteiger partial charge on any atom is -0.342 e. The van der Waals surface area contributed by atoms with Gasteiger partial charge < -0.3 is 23.8 Å². The van der Waals surface area contributed by atoms with E-state index in [1.54, 1.807) is 6.07 Å². The van der Waals surface area contributed by atoms with Gasteiger partial charge in [0.2, 0.25) is 0 Å². The first-order chi connectivity index (χ1) is 40.7. The molecule has 5 nitrogen and oxygen atoms in total. The summed E-state index contributed by atoms with van der Waals surface area (Å²) in [5.74, 6) is -0.280. The first kappa shape index (κ1) is 52.9. The summed E-state index contributed by atoms with van der Waals surface area (Å²) in [5.41, 5.74) is 22.2. The third kappa shape index (κ3) is 8.15. The van der Waals surface area contributed by atoms with Crippen molar-refractivity contribution in [2.24, 2.45) is 7.05 Å². The normalized spacial score (nSPS) is 13.4. The number of para-hydroxylation sites is 3. The zero-order chi connectivity index (χ0) is 58.7. The average Bonchev–Trinajstić information content (AvgIpc) is 1.71. The van der Waals surface area contributed by atoms with Crippen LogP contribution in [0.15, 0.2) is 200 Å². The molecule has 0 fully saturated rings. The maximum absolute atomic E-state index is 18.1. The minimum atomic E-state index is -0.290. The molecule has 2 aliphatic heterocycles. The maximum atomic E-state index is 18.1. The molecule has 10 aromatic carbocycles. The standard InChI is InChI=1S/C77H69BFN5S/c1-46-27-33-53(34-28-46)82-66-43-54(81(51-21-15-13-16-22-51)52-23-17-14-18-24-52)44-67-70(66)78(74-71(82)58-42-50(77(9,10)11)32-38-68(58)85-74)59-45-65(83-62-36-30-48(75(3,4)5)40-56(62)57-41-49(76(6,7)8)31-37-63(57)83)69-55-25-19-20-26-61(55)80(12)73(69)72(59)84(67)64-35-29-47(2)39-60(64)79/h13-45H,1-12H3. The molecule has 85 heavy (non-hydrogen) atoms. The van der Waals surface area contributed by atoms with E-state index in [4.69, 9.17) is 0 Å². The lowest BCUT2D eigenvalue weighted by atomic mass is 9.36. The number of aromatic nitrogens is 2. The molecule has 418 valence electrons. The molecule has 2 aliphatic rings. The van der Waals surface area contributed by atoms with E-state index in [1.165, 1.54) is 53.6 Å². The van der Waals surface area contributed by atoms with E-state index in [1.807, 2.05) is 24.3 Å². The molecule has 0 saturated carbocycles. The first-order valence-electron chi connectivity index (χ1n) is 29.9. The molecule has 3 aromatic heterocycles. The number of hydrogen-bond donors (Lipinski definition) is 0. The Morgan fingerprint density at radius 2 is 0.988 bits per heavy atom. The van der Waals surface area contributed by atoms with Crippen LogP contribution in [0, 0.1) is 19.7 Å². The number of benzene rings is 10. The van der Waals surface area contributed by atoms with E-state index in [9.17, 15) is 0 Å². The van der Waals surface area contributed by atoms with E-state index in [0.29, 0.717) is 5.69 Å². The predicted octanol–water partition coefficient (Wildman–Crippen LogP) is 19.8. The molecule has 15 rings (SSSR count). The fourth-order valence-corrected chi connectivity index (χ4v) is 15.2. The predicted molar refractivity (Wildman–Crippen MR) is 364 cm³/mol. The van der Waals surface area contributed by atoms with E-state index < -0.39 is 0 Å². The second kappa shape index (κ2) is 18.8. The number of halogens is 1. The topological polar surface area (TPSA) is 19.6 Å². The van der Waals surface area contributed by atoms with Crippen LogP contribution in [0.25, 0.3) is 59.4 Å². The highest BCUT2D eigenvalue weighted by Gasteiger charge is 2.48. The molecule has 13 aromatic rings. The fraction of sp³-hybridized carbons (Fsp3) is 0.195. The summed E-state index contributed by atoms with van der Waals surface area (Å²) in [6.45, 7) is 24.7. The molecule has 8 heteroatoms. The van der Waals surface area contributed by atoms with E-state index in [2.05, 4.69) is 288 Å². The van der Waals surface area contributed by atoms with Crippen molar-refractivity contribution in [1.82, 2.24) is 9.13 Å². The van der Waals surface area contributed by atoms with E-state index in [0.717, 1.165) is 94.8 Å². The van der Waals surface area contributed by atoms with Gasteiger partial charge >= 0.3 is 0 Å². The molecular weight excluding hydrogens is 1060 g/mol. The van der Waals surface area contributed by atoms with Gasteiger partial charge in [-0.3, -0.25) is 0 Å². The molecule has 0 aliphatic carbocycles. The Morgan fingerprint density at radius 1 is 0.447 bits per heavy atom. The van der Waals surface area contributed by atoms with Gasteiger partial charge in [-0.1, -0.05) is 159 Å².